The number of carbonyl (C=O) groups excluding carboxylic acids is 1. The summed E-state index contributed by atoms with van der Waals surface area (Å²) in [5, 5.41) is 22.2. The summed E-state index contributed by atoms with van der Waals surface area (Å²) in [6.07, 6.45) is 0. The minimum atomic E-state index is -0.504. The highest BCUT2D eigenvalue weighted by molar-refractivity contribution is 7.99. The van der Waals surface area contributed by atoms with Gasteiger partial charge in [-0.1, -0.05) is 62.9 Å². The molecular weight excluding hydrogens is 416 g/mol. The van der Waals surface area contributed by atoms with Crippen molar-refractivity contribution in [3.05, 3.63) is 63.7 Å². The highest BCUT2D eigenvalue weighted by Crippen LogP contribution is 2.27. The van der Waals surface area contributed by atoms with Gasteiger partial charge in [0.2, 0.25) is 11.1 Å². The highest BCUT2D eigenvalue weighted by Gasteiger charge is 2.17. The summed E-state index contributed by atoms with van der Waals surface area (Å²) in [6.45, 7) is 8.19. The Hall–Kier alpha value is -3.40. The lowest BCUT2D eigenvalue weighted by Crippen LogP contribution is -2.17. The van der Waals surface area contributed by atoms with Crippen LogP contribution in [0.5, 0.6) is 0 Å². The van der Waals surface area contributed by atoms with Crippen LogP contribution in [0.1, 0.15) is 31.9 Å². The van der Waals surface area contributed by atoms with Crippen LogP contribution in [0.25, 0.3) is 11.4 Å². The number of nitrogens with two attached hydrogens (primary N) is 1. The van der Waals surface area contributed by atoms with Gasteiger partial charge in [-0.3, -0.25) is 14.9 Å². The Kier molecular flexibility index (Phi) is 6.30. The Morgan fingerprint density at radius 2 is 1.87 bits per heavy atom. The van der Waals surface area contributed by atoms with Crippen molar-refractivity contribution in [3.63, 3.8) is 0 Å². The topological polar surface area (TPSA) is 129 Å². The van der Waals surface area contributed by atoms with Crippen LogP contribution in [0.3, 0.4) is 0 Å². The lowest BCUT2D eigenvalue weighted by atomic mass is 9.87. The van der Waals surface area contributed by atoms with Crippen molar-refractivity contribution in [1.82, 2.24) is 14.9 Å². The molecular formula is C21H24N6O3S. The summed E-state index contributed by atoms with van der Waals surface area (Å²) in [5.74, 6) is 6.34. The standard InChI is InChI=1S/C21H24N6O3S/c1-13-5-10-16(27(29)30)11-17(13)23-18(28)12-31-20-25-24-19(26(20)22)14-6-8-15(9-7-14)21(2,3)4/h5-11H,12,22H2,1-4H3,(H,23,28). The molecule has 0 radical (unpaired) electrons. The first kappa shape index (κ1) is 22.3. The number of thioether (sulfide) groups is 1. The number of aromatic nitrogens is 3. The number of carbonyl (C=O) groups is 1. The van der Waals surface area contributed by atoms with Crippen molar-refractivity contribution >= 4 is 29.0 Å². The van der Waals surface area contributed by atoms with Crippen LogP contribution in [-0.2, 0) is 10.2 Å². The molecule has 0 bridgehead atoms. The van der Waals surface area contributed by atoms with Gasteiger partial charge in [-0.15, -0.1) is 10.2 Å². The second kappa shape index (κ2) is 8.76. The van der Waals surface area contributed by atoms with Crippen molar-refractivity contribution in [2.75, 3.05) is 16.9 Å². The minimum Gasteiger partial charge on any atom is -0.335 e. The number of benzene rings is 2. The van der Waals surface area contributed by atoms with Crippen LogP contribution in [0.4, 0.5) is 11.4 Å². The van der Waals surface area contributed by atoms with Crippen LogP contribution < -0.4 is 11.2 Å². The molecule has 3 aromatic rings. The molecule has 1 aromatic heterocycles. The molecule has 162 valence electrons. The van der Waals surface area contributed by atoms with E-state index in [1.54, 1.807) is 13.0 Å². The molecule has 1 amide bonds. The largest absolute Gasteiger partial charge is 0.335 e. The average Bonchev–Trinajstić information content (AvgIpc) is 3.07. The SMILES string of the molecule is Cc1ccc([N+](=O)[O-])cc1NC(=O)CSc1nnc(-c2ccc(C(C)(C)C)cc2)n1N. The second-order valence-electron chi connectivity index (χ2n) is 8.10. The van der Waals surface area contributed by atoms with E-state index < -0.39 is 4.92 Å². The normalized spacial score (nSPS) is 11.4. The zero-order valence-electron chi connectivity index (χ0n) is 17.7. The first-order valence-electron chi connectivity index (χ1n) is 9.55. The van der Waals surface area contributed by atoms with Crippen molar-refractivity contribution < 1.29 is 9.72 Å². The number of nitrogens with one attached hydrogen (secondary N) is 1. The Morgan fingerprint density at radius 3 is 2.48 bits per heavy atom. The van der Waals surface area contributed by atoms with E-state index in [4.69, 9.17) is 5.84 Å². The number of aryl methyl sites for hydroxylation is 1. The molecule has 0 aliphatic rings. The molecule has 9 nitrogen and oxygen atoms in total. The third-order valence-corrected chi connectivity index (χ3v) is 5.66. The van der Waals surface area contributed by atoms with Crippen molar-refractivity contribution in [2.24, 2.45) is 0 Å². The molecule has 0 fully saturated rings. The number of nitro groups is 1. The molecule has 0 aliphatic carbocycles. The number of amides is 1. The Morgan fingerprint density at radius 1 is 1.19 bits per heavy atom. The summed E-state index contributed by atoms with van der Waals surface area (Å²) in [7, 11) is 0. The summed E-state index contributed by atoms with van der Waals surface area (Å²) >= 11 is 1.13. The molecule has 0 unspecified atom stereocenters. The fourth-order valence-electron chi connectivity index (χ4n) is 2.87. The molecule has 0 atom stereocenters. The van der Waals surface area contributed by atoms with Crippen LogP contribution in [0, 0.1) is 17.0 Å². The second-order valence-corrected chi connectivity index (χ2v) is 9.04. The van der Waals surface area contributed by atoms with E-state index >= 15 is 0 Å². The van der Waals surface area contributed by atoms with E-state index in [1.165, 1.54) is 22.4 Å². The number of anilines is 1. The molecule has 0 saturated carbocycles. The third kappa shape index (κ3) is 5.21. The lowest BCUT2D eigenvalue weighted by Gasteiger charge is -2.19. The molecule has 0 spiro atoms. The zero-order valence-corrected chi connectivity index (χ0v) is 18.6. The minimum absolute atomic E-state index is 0.0282. The molecule has 31 heavy (non-hydrogen) atoms. The lowest BCUT2D eigenvalue weighted by molar-refractivity contribution is -0.384. The van der Waals surface area contributed by atoms with Crippen molar-refractivity contribution in [1.29, 1.82) is 0 Å². The zero-order chi connectivity index (χ0) is 22.8. The molecule has 0 aliphatic heterocycles. The highest BCUT2D eigenvalue weighted by atomic mass is 32.2. The van der Waals surface area contributed by atoms with E-state index in [1.807, 2.05) is 24.3 Å². The number of nitrogen functional groups attached to an aromatic ring is 1. The van der Waals surface area contributed by atoms with Gasteiger partial charge in [-0.2, -0.15) is 0 Å². The molecule has 3 rings (SSSR count). The summed E-state index contributed by atoms with van der Waals surface area (Å²) < 4.78 is 1.35. The maximum Gasteiger partial charge on any atom is 0.271 e. The molecule has 0 saturated heterocycles. The van der Waals surface area contributed by atoms with Crippen LogP contribution in [0.2, 0.25) is 0 Å². The van der Waals surface area contributed by atoms with Crippen molar-refractivity contribution in [2.45, 2.75) is 38.3 Å². The van der Waals surface area contributed by atoms with E-state index in [-0.39, 0.29) is 22.8 Å². The predicted octanol–water partition coefficient (Wildman–Crippen LogP) is 3.90. The summed E-state index contributed by atoms with van der Waals surface area (Å²) in [4.78, 5) is 22.8. The monoisotopic (exact) mass is 440 g/mol. The van der Waals surface area contributed by atoms with E-state index in [0.717, 1.165) is 22.9 Å². The average molecular weight is 441 g/mol. The first-order valence-corrected chi connectivity index (χ1v) is 10.5. The van der Waals surface area contributed by atoms with Gasteiger partial charge in [0, 0.05) is 17.7 Å². The van der Waals surface area contributed by atoms with Gasteiger partial charge in [-0.05, 0) is 23.5 Å². The van der Waals surface area contributed by atoms with Gasteiger partial charge < -0.3 is 11.2 Å². The van der Waals surface area contributed by atoms with Crippen LogP contribution in [-0.4, -0.2) is 31.5 Å². The number of hydrogen-bond donors (Lipinski definition) is 2. The predicted molar refractivity (Wildman–Crippen MR) is 121 cm³/mol. The van der Waals surface area contributed by atoms with Gasteiger partial charge in [0.15, 0.2) is 5.82 Å². The van der Waals surface area contributed by atoms with Gasteiger partial charge in [0.1, 0.15) is 0 Å². The Labute approximate surface area is 184 Å². The van der Waals surface area contributed by atoms with Gasteiger partial charge in [0.05, 0.1) is 16.4 Å². The van der Waals surface area contributed by atoms with Gasteiger partial charge >= 0.3 is 0 Å². The molecule has 1 heterocycles. The third-order valence-electron chi connectivity index (χ3n) is 4.71. The van der Waals surface area contributed by atoms with Crippen LogP contribution >= 0.6 is 11.8 Å². The number of nitro benzene ring substituents is 1. The Balaban J connectivity index is 1.67. The van der Waals surface area contributed by atoms with Gasteiger partial charge in [-0.25, -0.2) is 4.68 Å². The molecule has 2 aromatic carbocycles. The maximum absolute atomic E-state index is 12.3. The fraction of sp³-hybridized carbons (Fsp3) is 0.286. The van der Waals surface area contributed by atoms with E-state index in [9.17, 15) is 14.9 Å². The van der Waals surface area contributed by atoms with Crippen molar-refractivity contribution in [3.8, 4) is 11.4 Å². The van der Waals surface area contributed by atoms with E-state index in [2.05, 4.69) is 36.3 Å². The smallest absolute Gasteiger partial charge is 0.271 e. The summed E-state index contributed by atoms with van der Waals surface area (Å²) in [6, 6.07) is 12.3. The fourth-order valence-corrected chi connectivity index (χ4v) is 3.52. The number of non-ortho nitro benzene ring substituents is 1. The molecule has 3 N–H and O–H groups in total. The van der Waals surface area contributed by atoms with E-state index in [0.29, 0.717) is 16.7 Å². The number of rotatable bonds is 6. The first-order chi connectivity index (χ1) is 14.6. The quantitative estimate of drug-likeness (QED) is 0.257. The summed E-state index contributed by atoms with van der Waals surface area (Å²) in [5.41, 5.74) is 3.10. The number of hydrogen-bond acceptors (Lipinski definition) is 7. The molecule has 10 heteroatoms. The van der Waals surface area contributed by atoms with Gasteiger partial charge in [0.25, 0.3) is 5.69 Å². The maximum atomic E-state index is 12.3. The Bertz CT molecular complexity index is 1120. The van der Waals surface area contributed by atoms with Crippen LogP contribution in [0.15, 0.2) is 47.6 Å². The number of nitrogens with zero attached hydrogens (tertiary/aromatic N) is 4.